The van der Waals surface area contributed by atoms with Gasteiger partial charge >= 0.3 is 0 Å². The Hall–Kier alpha value is -0.850. The first-order valence-electron chi connectivity index (χ1n) is 4.77. The highest BCUT2D eigenvalue weighted by molar-refractivity contribution is 5.46. The van der Waals surface area contributed by atoms with Crippen LogP contribution in [0.1, 0.15) is 20.3 Å². The normalized spacial score (nSPS) is 22.3. The Kier molecular flexibility index (Phi) is 3.47. The Labute approximate surface area is 79.8 Å². The topological polar surface area (TPSA) is 0 Å². The molecule has 1 atom stereocenters. The van der Waals surface area contributed by atoms with Crippen molar-refractivity contribution in [2.45, 2.75) is 20.3 Å². The van der Waals surface area contributed by atoms with Gasteiger partial charge in [-0.1, -0.05) is 38.7 Å². The van der Waals surface area contributed by atoms with Crippen LogP contribution in [0.5, 0.6) is 0 Å². The van der Waals surface area contributed by atoms with Crippen LogP contribution in [0.25, 0.3) is 0 Å². The second kappa shape index (κ2) is 4.40. The predicted octanol–water partition coefficient (Wildman–Crippen LogP) is 3.67. The zero-order chi connectivity index (χ0) is 9.84. The molecule has 0 spiro atoms. The van der Waals surface area contributed by atoms with Crippen molar-refractivity contribution in [1.29, 1.82) is 0 Å². The van der Waals surface area contributed by atoms with E-state index in [9.17, 15) is 4.39 Å². The van der Waals surface area contributed by atoms with Gasteiger partial charge in [-0.05, 0) is 23.5 Å². The van der Waals surface area contributed by atoms with Crippen molar-refractivity contribution in [3.8, 4) is 0 Å². The van der Waals surface area contributed by atoms with Gasteiger partial charge in [0, 0.05) is 5.92 Å². The van der Waals surface area contributed by atoms with Crippen molar-refractivity contribution in [3.63, 3.8) is 0 Å². The third-order valence-corrected chi connectivity index (χ3v) is 2.26. The summed E-state index contributed by atoms with van der Waals surface area (Å²) in [6.07, 6.45) is 6.71. The van der Waals surface area contributed by atoms with Crippen LogP contribution in [-0.2, 0) is 0 Å². The van der Waals surface area contributed by atoms with E-state index in [0.29, 0.717) is 11.8 Å². The number of allylic oxidation sites excluding steroid dienone is 5. The molecule has 1 aliphatic rings. The number of hydrogen-bond acceptors (Lipinski definition) is 0. The van der Waals surface area contributed by atoms with Crippen LogP contribution in [0, 0.1) is 11.8 Å². The van der Waals surface area contributed by atoms with Crippen molar-refractivity contribution in [2.75, 3.05) is 6.67 Å². The maximum absolute atomic E-state index is 11.8. The second-order valence-electron chi connectivity index (χ2n) is 3.92. The van der Waals surface area contributed by atoms with E-state index in [0.717, 1.165) is 6.42 Å². The van der Waals surface area contributed by atoms with Gasteiger partial charge in [0.05, 0.1) is 0 Å². The molecule has 0 aromatic rings. The Morgan fingerprint density at radius 1 is 1.62 bits per heavy atom. The highest BCUT2D eigenvalue weighted by Gasteiger charge is 2.21. The zero-order valence-electron chi connectivity index (χ0n) is 8.39. The summed E-state index contributed by atoms with van der Waals surface area (Å²) in [7, 11) is 0. The predicted molar refractivity (Wildman–Crippen MR) is 55.3 cm³/mol. The van der Waals surface area contributed by atoms with Gasteiger partial charge in [0.2, 0.25) is 0 Å². The molecule has 0 nitrogen and oxygen atoms in total. The average Bonchev–Trinajstić information content (AvgIpc) is 2.09. The highest BCUT2D eigenvalue weighted by Crippen LogP contribution is 2.36. The fraction of sp³-hybridized carbons (Fsp3) is 0.500. The summed E-state index contributed by atoms with van der Waals surface area (Å²) in [5, 5.41) is 0. The van der Waals surface area contributed by atoms with Gasteiger partial charge in [-0.2, -0.15) is 0 Å². The molecule has 0 aromatic heterocycles. The summed E-state index contributed by atoms with van der Waals surface area (Å²) in [5.41, 5.74) is 2.52. The van der Waals surface area contributed by atoms with E-state index < -0.39 is 0 Å². The molecule has 0 aromatic carbocycles. The molecule has 0 saturated heterocycles. The van der Waals surface area contributed by atoms with E-state index in [1.807, 2.05) is 6.08 Å². The summed E-state index contributed by atoms with van der Waals surface area (Å²) in [4.78, 5) is 0. The fourth-order valence-corrected chi connectivity index (χ4v) is 1.55. The van der Waals surface area contributed by atoms with Crippen molar-refractivity contribution < 1.29 is 4.39 Å². The third-order valence-electron chi connectivity index (χ3n) is 2.26. The van der Waals surface area contributed by atoms with Crippen LogP contribution in [0.3, 0.4) is 0 Å². The summed E-state index contributed by atoms with van der Waals surface area (Å²) in [6.45, 7) is 8.00. The van der Waals surface area contributed by atoms with Crippen LogP contribution in [0.15, 0.2) is 36.0 Å². The van der Waals surface area contributed by atoms with Crippen LogP contribution in [-0.4, -0.2) is 6.67 Å². The van der Waals surface area contributed by atoms with E-state index >= 15 is 0 Å². The standard InChI is InChI=1S/C12H17F/c1-9(2)7-12-8-11(10(12)3)5-4-6-13/h4-5,8-9,11H,3,6-7H2,1-2H3/b5-4-. The molecule has 1 unspecified atom stereocenters. The molecule has 0 N–H and O–H groups in total. The highest BCUT2D eigenvalue weighted by atomic mass is 19.1. The molecule has 0 amide bonds. The summed E-state index contributed by atoms with van der Waals surface area (Å²) in [6, 6.07) is 0. The van der Waals surface area contributed by atoms with E-state index in [-0.39, 0.29) is 6.67 Å². The summed E-state index contributed by atoms with van der Waals surface area (Å²) in [5.74, 6) is 0.971. The number of hydrogen-bond donors (Lipinski definition) is 0. The molecule has 72 valence electrons. The van der Waals surface area contributed by atoms with Crippen LogP contribution in [0.2, 0.25) is 0 Å². The molecule has 1 rings (SSSR count). The molecule has 1 aliphatic carbocycles. The molecule has 0 heterocycles. The lowest BCUT2D eigenvalue weighted by Crippen LogP contribution is -2.13. The summed E-state index contributed by atoms with van der Waals surface area (Å²) < 4.78 is 11.8. The van der Waals surface area contributed by atoms with Crippen molar-refractivity contribution in [2.24, 2.45) is 11.8 Å². The lowest BCUT2D eigenvalue weighted by atomic mass is 9.78. The largest absolute Gasteiger partial charge is 0.247 e. The fourth-order valence-electron chi connectivity index (χ4n) is 1.55. The van der Waals surface area contributed by atoms with E-state index in [1.54, 1.807) is 6.08 Å². The second-order valence-corrected chi connectivity index (χ2v) is 3.92. The van der Waals surface area contributed by atoms with Crippen LogP contribution in [0.4, 0.5) is 4.39 Å². The molecule has 1 heteroatoms. The molecule has 0 fully saturated rings. The monoisotopic (exact) mass is 180 g/mol. The SMILES string of the molecule is C=C1C(CC(C)C)=CC1/C=C\CF. The number of rotatable bonds is 4. The van der Waals surface area contributed by atoms with Gasteiger partial charge in [0.25, 0.3) is 0 Å². The van der Waals surface area contributed by atoms with E-state index in [4.69, 9.17) is 0 Å². The molecular formula is C12H17F. The van der Waals surface area contributed by atoms with Gasteiger partial charge < -0.3 is 0 Å². The Bertz CT molecular complexity index is 246. The first-order chi connectivity index (χ1) is 6.15. The van der Waals surface area contributed by atoms with Gasteiger partial charge in [-0.3, -0.25) is 0 Å². The molecular weight excluding hydrogens is 163 g/mol. The lowest BCUT2D eigenvalue weighted by molar-refractivity contribution is 0.559. The quantitative estimate of drug-likeness (QED) is 0.579. The first kappa shape index (κ1) is 10.2. The zero-order valence-corrected chi connectivity index (χ0v) is 8.39. The maximum Gasteiger partial charge on any atom is 0.108 e. The summed E-state index contributed by atoms with van der Waals surface area (Å²) >= 11 is 0. The van der Waals surface area contributed by atoms with E-state index in [1.165, 1.54) is 11.1 Å². The van der Waals surface area contributed by atoms with Crippen molar-refractivity contribution >= 4 is 0 Å². The van der Waals surface area contributed by atoms with Crippen LogP contribution < -0.4 is 0 Å². The van der Waals surface area contributed by atoms with Gasteiger partial charge in [0.1, 0.15) is 6.67 Å². The van der Waals surface area contributed by atoms with Crippen LogP contribution >= 0.6 is 0 Å². The molecule has 0 bridgehead atoms. The molecule has 0 saturated carbocycles. The van der Waals surface area contributed by atoms with Gasteiger partial charge in [0.15, 0.2) is 0 Å². The molecule has 0 aliphatic heterocycles. The minimum atomic E-state index is -0.378. The maximum atomic E-state index is 11.8. The Morgan fingerprint density at radius 3 is 2.77 bits per heavy atom. The minimum absolute atomic E-state index is 0.296. The Balaban J connectivity index is 2.47. The lowest BCUT2D eigenvalue weighted by Gasteiger charge is -2.27. The molecule has 13 heavy (non-hydrogen) atoms. The van der Waals surface area contributed by atoms with Crippen molar-refractivity contribution in [1.82, 2.24) is 0 Å². The van der Waals surface area contributed by atoms with Gasteiger partial charge in [-0.25, -0.2) is 4.39 Å². The average molecular weight is 180 g/mol. The minimum Gasteiger partial charge on any atom is -0.247 e. The van der Waals surface area contributed by atoms with Crippen molar-refractivity contribution in [3.05, 3.63) is 36.0 Å². The third kappa shape index (κ3) is 2.55. The Morgan fingerprint density at radius 2 is 2.31 bits per heavy atom. The number of alkyl halides is 1. The van der Waals surface area contributed by atoms with Gasteiger partial charge in [-0.15, -0.1) is 0 Å². The molecule has 0 radical (unpaired) electrons. The first-order valence-corrected chi connectivity index (χ1v) is 4.77. The number of halogens is 1. The van der Waals surface area contributed by atoms with E-state index in [2.05, 4.69) is 26.5 Å². The smallest absolute Gasteiger partial charge is 0.108 e.